The molecule has 79 heavy (non-hydrogen) atoms. The number of hydrogen-bond donors (Lipinski definition) is 0. The molecule has 0 saturated heterocycles. The minimum Gasteiger partial charge on any atom is -0.456 e. The molecule has 0 spiro atoms. The second kappa shape index (κ2) is 15.7. The Balaban J connectivity index is 1.03. The van der Waals surface area contributed by atoms with Crippen molar-refractivity contribution in [1.82, 2.24) is 0 Å². The summed E-state index contributed by atoms with van der Waals surface area (Å²) in [7, 11) is 0. The first-order valence-electron chi connectivity index (χ1n) is 28.1. The van der Waals surface area contributed by atoms with Crippen LogP contribution in [0, 0.1) is 11.8 Å². The van der Waals surface area contributed by atoms with Gasteiger partial charge in [-0.1, -0.05) is 238 Å². The van der Waals surface area contributed by atoms with Crippen molar-refractivity contribution < 1.29 is 8.83 Å². The molecule has 3 heteroatoms. The number of furan rings is 2. The third-order valence-electron chi connectivity index (χ3n) is 19.7. The van der Waals surface area contributed by atoms with Gasteiger partial charge in [-0.3, -0.25) is 0 Å². The molecule has 376 valence electrons. The lowest BCUT2D eigenvalue weighted by molar-refractivity contribution is 0.467. The summed E-state index contributed by atoms with van der Waals surface area (Å²) in [5.41, 5.74) is 22.6. The summed E-state index contributed by atoms with van der Waals surface area (Å²) in [4.78, 5) is 2.68. The Morgan fingerprint density at radius 2 is 0.886 bits per heavy atom. The average Bonchev–Trinajstić information content (AvgIpc) is 4.06. The van der Waals surface area contributed by atoms with Crippen LogP contribution in [0.15, 0.2) is 274 Å². The van der Waals surface area contributed by atoms with Crippen LogP contribution in [-0.4, -0.2) is 5.54 Å². The van der Waals surface area contributed by atoms with Crippen LogP contribution in [0.4, 0.5) is 11.4 Å². The number of fused-ring (bicyclic) bond motifs is 11. The summed E-state index contributed by atoms with van der Waals surface area (Å²) in [6.07, 6.45) is 5.13. The largest absolute Gasteiger partial charge is 0.456 e. The number of nitrogens with zero attached hydrogens (tertiary/aromatic N) is 1. The van der Waals surface area contributed by atoms with Crippen molar-refractivity contribution in [1.29, 1.82) is 0 Å². The molecule has 0 fully saturated rings. The van der Waals surface area contributed by atoms with Crippen LogP contribution in [-0.2, 0) is 16.2 Å². The molecule has 10 aromatic carbocycles. The lowest BCUT2D eigenvalue weighted by atomic mass is 9.53. The molecular formula is C76H55NO2. The Morgan fingerprint density at radius 3 is 1.59 bits per heavy atom. The van der Waals surface area contributed by atoms with Crippen molar-refractivity contribution in [3.05, 3.63) is 316 Å². The summed E-state index contributed by atoms with van der Waals surface area (Å²) in [5.74, 6) is -0.100. The number of para-hydroxylation sites is 4. The summed E-state index contributed by atoms with van der Waals surface area (Å²) in [5, 5.41) is 4.51. The predicted molar refractivity (Wildman–Crippen MR) is 323 cm³/mol. The van der Waals surface area contributed by atoms with E-state index in [1.54, 1.807) is 0 Å². The Bertz CT molecular complexity index is 4650. The van der Waals surface area contributed by atoms with Crippen LogP contribution in [0.25, 0.3) is 60.6 Å². The molecule has 17 rings (SSSR count). The minimum atomic E-state index is -0.766. The van der Waals surface area contributed by atoms with Crippen molar-refractivity contribution in [2.75, 3.05) is 4.90 Å². The second-order valence-electron chi connectivity index (χ2n) is 23.3. The highest BCUT2D eigenvalue weighted by Gasteiger charge is 2.60. The molecule has 1 aliphatic heterocycles. The highest BCUT2D eigenvalue weighted by molar-refractivity contribution is 6.12. The maximum absolute atomic E-state index is 7.80. The van der Waals surface area contributed by atoms with Gasteiger partial charge in [-0.15, -0.1) is 0 Å². The quantitative estimate of drug-likeness (QED) is 0.161. The van der Waals surface area contributed by atoms with Crippen LogP contribution < -0.4 is 4.90 Å². The van der Waals surface area contributed by atoms with Crippen LogP contribution in [0.5, 0.6) is 0 Å². The summed E-state index contributed by atoms with van der Waals surface area (Å²) < 4.78 is 14.9. The number of rotatable bonds is 5. The van der Waals surface area contributed by atoms with Gasteiger partial charge in [0.1, 0.15) is 16.7 Å². The molecule has 2 aromatic heterocycles. The zero-order chi connectivity index (χ0) is 52.6. The molecule has 0 N–H and O–H groups in total. The van der Waals surface area contributed by atoms with E-state index in [2.05, 4.69) is 281 Å². The van der Waals surface area contributed by atoms with E-state index in [1.807, 2.05) is 0 Å². The van der Waals surface area contributed by atoms with Gasteiger partial charge in [-0.2, -0.15) is 0 Å². The third kappa shape index (κ3) is 5.43. The Labute approximate surface area is 460 Å². The van der Waals surface area contributed by atoms with Gasteiger partial charge in [0.2, 0.25) is 0 Å². The van der Waals surface area contributed by atoms with Gasteiger partial charge < -0.3 is 13.7 Å². The maximum Gasteiger partial charge on any atom is 0.159 e. The molecule has 3 heterocycles. The molecule has 5 unspecified atom stereocenters. The summed E-state index contributed by atoms with van der Waals surface area (Å²) in [6.45, 7) is 10.0. The maximum atomic E-state index is 7.80. The number of benzene rings is 10. The third-order valence-corrected chi connectivity index (χ3v) is 19.7. The lowest BCUT2D eigenvalue weighted by Gasteiger charge is -2.55. The first-order valence-corrected chi connectivity index (χ1v) is 28.1. The van der Waals surface area contributed by atoms with Gasteiger partial charge in [0, 0.05) is 55.6 Å². The molecule has 0 radical (unpaired) electrons. The lowest BCUT2D eigenvalue weighted by Crippen LogP contribution is -2.52. The molecule has 12 aromatic rings. The van der Waals surface area contributed by atoms with Crippen LogP contribution in [0.2, 0.25) is 0 Å². The molecule has 5 atom stereocenters. The zero-order valence-corrected chi connectivity index (χ0v) is 44.6. The number of anilines is 2. The zero-order valence-electron chi connectivity index (χ0n) is 44.6. The Hall–Kier alpha value is -9.18. The van der Waals surface area contributed by atoms with E-state index >= 15 is 0 Å². The van der Waals surface area contributed by atoms with Crippen molar-refractivity contribution in [2.24, 2.45) is 11.8 Å². The standard InChI is InChI=1S/C76H55NO2/c1-46-66-58-31-15-18-36-60(58)76(50-27-12-7-13-28-50)62-38-21-33-56-57-34-22-39-64(72(57)79-71(56)62)77(51-41-42-53-52-29-14-17-35-59(52)75(63(53)45-51,48-23-8-5-9-24-48)49-25-10-6-11-26-49)74(4)44-43-73(3,68(46)69(74)47(2)67(66)76)61-37-20-32-55-54-30-16-19-40-65(54)78-70(55)61/h5-47H,1-4H3. The Kier molecular flexibility index (Phi) is 8.94. The monoisotopic (exact) mass is 1010 g/mol. The van der Waals surface area contributed by atoms with Crippen LogP contribution >= 0.6 is 0 Å². The molecule has 5 aliphatic rings. The van der Waals surface area contributed by atoms with E-state index in [1.165, 1.54) is 83.5 Å². The van der Waals surface area contributed by atoms with E-state index in [0.717, 1.165) is 55.3 Å². The minimum absolute atomic E-state index is 0.0240. The first kappa shape index (κ1) is 44.9. The smallest absolute Gasteiger partial charge is 0.159 e. The van der Waals surface area contributed by atoms with E-state index in [0.29, 0.717) is 0 Å². The van der Waals surface area contributed by atoms with Gasteiger partial charge in [0.25, 0.3) is 0 Å². The van der Waals surface area contributed by atoms with Crippen molar-refractivity contribution >= 4 is 60.8 Å². The van der Waals surface area contributed by atoms with Crippen molar-refractivity contribution in [3.63, 3.8) is 0 Å². The van der Waals surface area contributed by atoms with Crippen LogP contribution in [0.1, 0.15) is 77.8 Å². The fourth-order valence-electron chi connectivity index (χ4n) is 16.8. The van der Waals surface area contributed by atoms with Crippen molar-refractivity contribution in [2.45, 2.75) is 49.5 Å². The molecule has 0 saturated carbocycles. The average molecular weight is 1010 g/mol. The topological polar surface area (TPSA) is 29.5 Å². The predicted octanol–water partition coefficient (Wildman–Crippen LogP) is 19.0. The van der Waals surface area contributed by atoms with Gasteiger partial charge in [0.15, 0.2) is 5.58 Å². The molecule has 4 aliphatic carbocycles. The molecular weight excluding hydrogens is 959 g/mol. The van der Waals surface area contributed by atoms with E-state index in [4.69, 9.17) is 8.83 Å². The number of allylic oxidation sites excluding steroid dienone is 4. The van der Waals surface area contributed by atoms with Gasteiger partial charge in [-0.05, 0) is 110 Å². The normalized spacial score (nSPS) is 23.0. The number of hydrogen-bond acceptors (Lipinski definition) is 3. The van der Waals surface area contributed by atoms with E-state index in [9.17, 15) is 0 Å². The van der Waals surface area contributed by atoms with Gasteiger partial charge >= 0.3 is 0 Å². The van der Waals surface area contributed by atoms with Gasteiger partial charge in [-0.25, -0.2) is 0 Å². The van der Waals surface area contributed by atoms with E-state index < -0.39 is 21.8 Å². The van der Waals surface area contributed by atoms with Crippen LogP contribution in [0.3, 0.4) is 0 Å². The fourth-order valence-corrected chi connectivity index (χ4v) is 16.8. The highest BCUT2D eigenvalue weighted by Crippen LogP contribution is 2.69. The van der Waals surface area contributed by atoms with Crippen molar-refractivity contribution in [3.8, 4) is 11.1 Å². The molecule has 0 amide bonds. The van der Waals surface area contributed by atoms with E-state index in [-0.39, 0.29) is 11.8 Å². The highest BCUT2D eigenvalue weighted by atomic mass is 16.3. The molecule has 3 nitrogen and oxygen atoms in total. The SMILES string of the molecule is CC1C2=C3C(C)C4=C1C(C)(c1cccc5c1oc1ccccc15)C=CC4(C)N(c1ccc4c(c1)C(c1ccccc1)(c1ccccc1)c1ccccc1-4)c1cccc4c1oc1c(cccc14)C3(c1ccccc1)c1ccccc12. The fraction of sp³-hybridized carbons (Fsp3) is 0.132. The Morgan fingerprint density at radius 1 is 0.367 bits per heavy atom. The summed E-state index contributed by atoms with van der Waals surface area (Å²) in [6, 6.07) is 88.6. The van der Waals surface area contributed by atoms with Gasteiger partial charge in [0.05, 0.1) is 22.1 Å². The first-order chi connectivity index (χ1) is 38.8. The second-order valence-corrected chi connectivity index (χ2v) is 23.3. The molecule has 4 bridgehead atoms. The summed E-state index contributed by atoms with van der Waals surface area (Å²) >= 11 is 0.